The van der Waals surface area contributed by atoms with E-state index >= 15 is 0 Å². The van der Waals surface area contributed by atoms with Crippen molar-refractivity contribution in [2.45, 2.75) is 43.4 Å². The van der Waals surface area contributed by atoms with E-state index in [1.807, 2.05) is 0 Å². The van der Waals surface area contributed by atoms with Crippen LogP contribution >= 0.6 is 0 Å². The van der Waals surface area contributed by atoms with E-state index in [1.165, 1.54) is 0 Å². The predicted octanol–water partition coefficient (Wildman–Crippen LogP) is 0.322. The number of hydrogen-bond donors (Lipinski definition) is 2. The molecule has 2 rings (SSSR count). The summed E-state index contributed by atoms with van der Waals surface area (Å²) >= 11 is 0. The number of carboxylic acid groups (broad SMARTS) is 1. The fourth-order valence-electron chi connectivity index (χ4n) is 2.02. The first-order chi connectivity index (χ1) is 6.99. The number of rotatable bonds is 4. The van der Waals surface area contributed by atoms with Gasteiger partial charge in [-0.15, -0.1) is 0 Å². The highest BCUT2D eigenvalue weighted by Crippen LogP contribution is 2.31. The maximum absolute atomic E-state index is 11.6. The number of nitrogens with one attached hydrogen (secondary N) is 1. The summed E-state index contributed by atoms with van der Waals surface area (Å²) in [4.78, 5) is 10.7. The van der Waals surface area contributed by atoms with E-state index in [9.17, 15) is 13.2 Å². The van der Waals surface area contributed by atoms with Gasteiger partial charge in [-0.3, -0.25) is 4.79 Å². The minimum Gasteiger partial charge on any atom is -0.481 e. The number of carbonyl (C=O) groups is 1. The molecule has 0 bridgehead atoms. The van der Waals surface area contributed by atoms with Crippen molar-refractivity contribution in [3.63, 3.8) is 0 Å². The number of aliphatic carboxylic acids is 1. The van der Waals surface area contributed by atoms with Gasteiger partial charge in [0.1, 0.15) is 0 Å². The molecule has 15 heavy (non-hydrogen) atoms. The van der Waals surface area contributed by atoms with E-state index in [0.717, 1.165) is 12.8 Å². The Morgan fingerprint density at radius 1 is 1.20 bits per heavy atom. The lowest BCUT2D eigenvalue weighted by Gasteiger charge is -2.11. The third-order valence-electron chi connectivity index (χ3n) is 3.08. The first kappa shape index (κ1) is 10.9. The zero-order valence-electron chi connectivity index (χ0n) is 8.35. The second-order valence-corrected chi connectivity index (χ2v) is 6.40. The topological polar surface area (TPSA) is 83.5 Å². The van der Waals surface area contributed by atoms with Crippen LogP contribution in [0.15, 0.2) is 0 Å². The van der Waals surface area contributed by atoms with Crippen molar-refractivity contribution in [3.05, 3.63) is 0 Å². The lowest BCUT2D eigenvalue weighted by Crippen LogP contribution is -2.35. The van der Waals surface area contributed by atoms with E-state index in [1.54, 1.807) is 0 Å². The van der Waals surface area contributed by atoms with Crippen molar-refractivity contribution in [1.29, 1.82) is 0 Å². The minimum atomic E-state index is -3.16. The molecule has 2 aliphatic carbocycles. The van der Waals surface area contributed by atoms with Crippen LogP contribution in [0.4, 0.5) is 0 Å². The third-order valence-corrected chi connectivity index (χ3v) is 5.09. The quantitative estimate of drug-likeness (QED) is 0.732. The average Bonchev–Trinajstić information content (AvgIpc) is 2.88. The Kier molecular flexibility index (Phi) is 2.72. The van der Waals surface area contributed by atoms with Gasteiger partial charge in [0.2, 0.25) is 10.0 Å². The molecular formula is C9H15NO4S. The second kappa shape index (κ2) is 3.75. The average molecular weight is 233 g/mol. The number of hydrogen-bond acceptors (Lipinski definition) is 3. The largest absolute Gasteiger partial charge is 0.481 e. The van der Waals surface area contributed by atoms with Gasteiger partial charge >= 0.3 is 5.97 Å². The van der Waals surface area contributed by atoms with Crippen molar-refractivity contribution >= 4 is 16.0 Å². The van der Waals surface area contributed by atoms with Crippen LogP contribution in [0.5, 0.6) is 0 Å². The minimum absolute atomic E-state index is 0.170. The Labute approximate surface area is 88.9 Å². The summed E-state index contributed by atoms with van der Waals surface area (Å²) in [7, 11) is -3.16. The van der Waals surface area contributed by atoms with Crippen LogP contribution < -0.4 is 4.72 Å². The molecule has 0 aliphatic heterocycles. The van der Waals surface area contributed by atoms with E-state index in [4.69, 9.17) is 5.11 Å². The van der Waals surface area contributed by atoms with E-state index < -0.39 is 16.0 Å². The normalized spacial score (nSPS) is 31.7. The lowest BCUT2D eigenvalue weighted by atomic mass is 10.1. The van der Waals surface area contributed by atoms with Gasteiger partial charge in [0.25, 0.3) is 0 Å². The summed E-state index contributed by atoms with van der Waals surface area (Å²) in [5.41, 5.74) is 0. The molecule has 0 heterocycles. The molecule has 0 radical (unpaired) electrons. The maximum Gasteiger partial charge on any atom is 0.306 e. The highest BCUT2D eigenvalue weighted by atomic mass is 32.2. The van der Waals surface area contributed by atoms with Crippen molar-refractivity contribution in [2.75, 3.05) is 0 Å². The molecule has 2 saturated carbocycles. The molecule has 2 N–H and O–H groups in total. The van der Waals surface area contributed by atoms with Crippen LogP contribution in [0.2, 0.25) is 0 Å². The van der Waals surface area contributed by atoms with Crippen LogP contribution in [-0.2, 0) is 14.8 Å². The molecule has 0 spiro atoms. The van der Waals surface area contributed by atoms with Gasteiger partial charge in [-0.05, 0) is 32.1 Å². The summed E-state index contributed by atoms with van der Waals surface area (Å²) in [6.07, 6.45) is 3.13. The molecule has 2 fully saturated rings. The van der Waals surface area contributed by atoms with Gasteiger partial charge < -0.3 is 5.11 Å². The first-order valence-electron chi connectivity index (χ1n) is 5.23. The van der Waals surface area contributed by atoms with E-state index in [2.05, 4.69) is 4.72 Å². The summed E-state index contributed by atoms with van der Waals surface area (Å²) < 4.78 is 25.7. The highest BCUT2D eigenvalue weighted by molar-refractivity contribution is 7.90. The number of sulfonamides is 1. The smallest absolute Gasteiger partial charge is 0.306 e. The van der Waals surface area contributed by atoms with Gasteiger partial charge in [-0.2, -0.15) is 0 Å². The summed E-state index contributed by atoms with van der Waals surface area (Å²) in [5.74, 6) is -1.19. The van der Waals surface area contributed by atoms with Crippen molar-refractivity contribution < 1.29 is 18.3 Å². The van der Waals surface area contributed by atoms with Crippen LogP contribution in [0, 0.1) is 5.92 Å². The number of carboxylic acids is 1. The van der Waals surface area contributed by atoms with Crippen LogP contribution in [0.3, 0.4) is 0 Å². The zero-order valence-corrected chi connectivity index (χ0v) is 9.16. The molecule has 0 aromatic rings. The summed E-state index contributed by atoms with van der Waals surface area (Å²) in [5, 5.41) is 8.55. The van der Waals surface area contributed by atoms with Crippen molar-refractivity contribution in [1.82, 2.24) is 4.72 Å². The van der Waals surface area contributed by atoms with Gasteiger partial charge in [0, 0.05) is 6.04 Å². The van der Waals surface area contributed by atoms with E-state index in [-0.39, 0.29) is 17.2 Å². The zero-order chi connectivity index (χ0) is 11.1. The first-order valence-corrected chi connectivity index (χ1v) is 6.77. The molecule has 0 saturated heterocycles. The van der Waals surface area contributed by atoms with E-state index in [0.29, 0.717) is 19.3 Å². The van der Waals surface area contributed by atoms with Crippen molar-refractivity contribution in [3.8, 4) is 0 Å². The molecule has 2 aliphatic rings. The molecule has 0 aromatic carbocycles. The Morgan fingerprint density at radius 3 is 2.33 bits per heavy atom. The molecule has 6 heteroatoms. The molecular weight excluding hydrogens is 218 g/mol. The summed E-state index contributed by atoms with van der Waals surface area (Å²) in [6.45, 7) is 0. The van der Waals surface area contributed by atoms with Gasteiger partial charge in [-0.25, -0.2) is 13.1 Å². The Balaban J connectivity index is 1.89. The Hall–Kier alpha value is -0.620. The van der Waals surface area contributed by atoms with Gasteiger partial charge in [-0.1, -0.05) is 0 Å². The van der Waals surface area contributed by atoms with Crippen LogP contribution in [0.25, 0.3) is 0 Å². The maximum atomic E-state index is 11.6. The molecule has 86 valence electrons. The molecule has 2 atom stereocenters. The molecule has 0 aromatic heterocycles. The standard InChI is InChI=1S/C9H15NO4S/c11-9(12)6-1-2-7(5-6)10-15(13,14)8-3-4-8/h6-8,10H,1-5H2,(H,11,12). The molecule has 5 nitrogen and oxygen atoms in total. The van der Waals surface area contributed by atoms with Gasteiger partial charge in [0.15, 0.2) is 0 Å². The van der Waals surface area contributed by atoms with Crippen LogP contribution in [-0.4, -0.2) is 30.8 Å². The molecule has 0 amide bonds. The second-order valence-electron chi connectivity index (χ2n) is 4.41. The van der Waals surface area contributed by atoms with Crippen LogP contribution in [0.1, 0.15) is 32.1 Å². The predicted molar refractivity (Wildman–Crippen MR) is 53.8 cm³/mol. The molecule has 2 unspecified atom stereocenters. The monoisotopic (exact) mass is 233 g/mol. The lowest BCUT2D eigenvalue weighted by molar-refractivity contribution is -0.141. The summed E-state index contributed by atoms with van der Waals surface area (Å²) in [6, 6.07) is -0.170. The fraction of sp³-hybridized carbons (Fsp3) is 0.889. The Morgan fingerprint density at radius 2 is 1.87 bits per heavy atom. The SMILES string of the molecule is O=C(O)C1CCC(NS(=O)(=O)C2CC2)C1. The fourth-order valence-corrected chi connectivity index (χ4v) is 3.65. The Bertz CT molecular complexity index is 360. The van der Waals surface area contributed by atoms with Crippen molar-refractivity contribution in [2.24, 2.45) is 5.92 Å². The third kappa shape index (κ3) is 2.49. The van der Waals surface area contributed by atoms with Gasteiger partial charge in [0.05, 0.1) is 11.2 Å². The highest BCUT2D eigenvalue weighted by Gasteiger charge is 2.39.